The van der Waals surface area contributed by atoms with E-state index >= 15 is 0 Å². The fourth-order valence-corrected chi connectivity index (χ4v) is 2.67. The topological polar surface area (TPSA) is 65.0 Å². The maximum Gasteiger partial charge on any atom is 0.234 e. The van der Waals surface area contributed by atoms with E-state index in [1.165, 1.54) is 0 Å². The minimum absolute atomic E-state index is 0.00954. The van der Waals surface area contributed by atoms with E-state index in [2.05, 4.69) is 15.1 Å². The van der Waals surface area contributed by atoms with Crippen LogP contribution in [0.3, 0.4) is 0 Å². The third-order valence-corrected chi connectivity index (χ3v) is 3.97. The number of ether oxygens (including phenoxy) is 1. The monoisotopic (exact) mass is 341 g/mol. The van der Waals surface area contributed by atoms with Crippen molar-refractivity contribution in [3.05, 3.63) is 29.3 Å². The van der Waals surface area contributed by atoms with Crippen molar-refractivity contribution in [3.8, 4) is 5.75 Å². The van der Waals surface area contributed by atoms with E-state index in [0.29, 0.717) is 37.0 Å². The van der Waals surface area contributed by atoms with Crippen LogP contribution in [0.4, 0.5) is 0 Å². The Balaban J connectivity index is 1.57. The number of hydrogen-bond donors (Lipinski definition) is 2. The second-order valence-electron chi connectivity index (χ2n) is 5.50. The summed E-state index contributed by atoms with van der Waals surface area (Å²) < 4.78 is 5.53. The molecule has 6 nitrogen and oxygen atoms in total. The maximum absolute atomic E-state index is 11.9. The Bertz CT molecular complexity index is 493. The van der Waals surface area contributed by atoms with Crippen LogP contribution in [0, 0.1) is 0 Å². The predicted molar refractivity (Wildman–Crippen MR) is 89.9 cm³/mol. The quantitative estimate of drug-likeness (QED) is 0.672. The van der Waals surface area contributed by atoms with Gasteiger partial charge in [0.25, 0.3) is 0 Å². The zero-order valence-corrected chi connectivity index (χ0v) is 14.0. The van der Waals surface area contributed by atoms with Crippen molar-refractivity contribution in [1.29, 1.82) is 0 Å². The highest BCUT2D eigenvalue weighted by Gasteiger charge is 2.18. The van der Waals surface area contributed by atoms with Crippen LogP contribution in [0.15, 0.2) is 24.3 Å². The maximum atomic E-state index is 11.9. The normalized spacial score (nSPS) is 16.3. The molecule has 23 heavy (non-hydrogen) atoms. The van der Waals surface area contributed by atoms with Crippen molar-refractivity contribution in [2.45, 2.75) is 0 Å². The first kappa shape index (κ1) is 18.0. The van der Waals surface area contributed by atoms with E-state index in [1.54, 1.807) is 12.1 Å². The van der Waals surface area contributed by atoms with E-state index < -0.39 is 0 Å². The van der Waals surface area contributed by atoms with Crippen LogP contribution in [0.5, 0.6) is 5.75 Å². The van der Waals surface area contributed by atoms with Gasteiger partial charge in [-0.05, 0) is 18.2 Å². The molecule has 1 aromatic rings. The lowest BCUT2D eigenvalue weighted by Crippen LogP contribution is -2.50. The van der Waals surface area contributed by atoms with Gasteiger partial charge < -0.3 is 15.2 Å². The molecule has 1 saturated heterocycles. The van der Waals surface area contributed by atoms with Crippen molar-refractivity contribution in [2.24, 2.45) is 0 Å². The number of aliphatic hydroxyl groups is 1. The summed E-state index contributed by atoms with van der Waals surface area (Å²) in [6.07, 6.45) is 0. The smallest absolute Gasteiger partial charge is 0.234 e. The van der Waals surface area contributed by atoms with E-state index in [-0.39, 0.29) is 12.5 Å². The average Bonchev–Trinajstić information content (AvgIpc) is 2.54. The number of piperazine rings is 1. The number of hydrogen-bond acceptors (Lipinski definition) is 5. The van der Waals surface area contributed by atoms with Gasteiger partial charge in [0.05, 0.1) is 19.7 Å². The average molecular weight is 342 g/mol. The van der Waals surface area contributed by atoms with Crippen molar-refractivity contribution >= 4 is 17.5 Å². The molecule has 0 unspecified atom stereocenters. The van der Waals surface area contributed by atoms with Crippen LogP contribution in [0.2, 0.25) is 5.02 Å². The SMILES string of the molecule is O=C(CN1CCN(CCO)CC1)NCCOc1cccc(Cl)c1. The molecule has 2 rings (SSSR count). The van der Waals surface area contributed by atoms with Crippen LogP contribution in [0.25, 0.3) is 0 Å². The van der Waals surface area contributed by atoms with Gasteiger partial charge in [0, 0.05) is 37.7 Å². The molecule has 1 aliphatic heterocycles. The third-order valence-electron chi connectivity index (χ3n) is 3.74. The third kappa shape index (κ3) is 6.74. The summed E-state index contributed by atoms with van der Waals surface area (Å²) in [7, 11) is 0. The lowest BCUT2D eigenvalue weighted by Gasteiger charge is -2.33. The minimum atomic E-state index is 0.00954. The molecule has 128 valence electrons. The number of carbonyl (C=O) groups excluding carboxylic acids is 1. The number of amides is 1. The Labute approximate surface area is 142 Å². The number of rotatable bonds is 8. The molecular weight excluding hydrogens is 318 g/mol. The molecule has 1 fully saturated rings. The molecule has 2 N–H and O–H groups in total. The van der Waals surface area contributed by atoms with Gasteiger partial charge in [-0.1, -0.05) is 17.7 Å². The molecule has 1 aliphatic rings. The molecule has 1 aromatic carbocycles. The second kappa shape index (κ2) is 9.72. The summed E-state index contributed by atoms with van der Waals surface area (Å²) in [6, 6.07) is 7.19. The van der Waals surface area contributed by atoms with Crippen LogP contribution >= 0.6 is 11.6 Å². The Morgan fingerprint density at radius 3 is 2.70 bits per heavy atom. The highest BCUT2D eigenvalue weighted by molar-refractivity contribution is 6.30. The summed E-state index contributed by atoms with van der Waals surface area (Å²) in [5.74, 6) is 0.710. The molecule has 0 aromatic heterocycles. The second-order valence-corrected chi connectivity index (χ2v) is 5.93. The molecule has 0 bridgehead atoms. The fourth-order valence-electron chi connectivity index (χ4n) is 2.49. The molecule has 1 amide bonds. The summed E-state index contributed by atoms with van der Waals surface area (Å²) >= 11 is 5.87. The Morgan fingerprint density at radius 1 is 1.26 bits per heavy atom. The van der Waals surface area contributed by atoms with Gasteiger partial charge in [-0.25, -0.2) is 0 Å². The molecule has 7 heteroatoms. The highest BCUT2D eigenvalue weighted by Crippen LogP contribution is 2.16. The number of aliphatic hydroxyl groups excluding tert-OH is 1. The lowest BCUT2D eigenvalue weighted by molar-refractivity contribution is -0.122. The first-order chi connectivity index (χ1) is 11.2. The molecule has 0 saturated carbocycles. The highest BCUT2D eigenvalue weighted by atomic mass is 35.5. The van der Waals surface area contributed by atoms with E-state index in [9.17, 15) is 4.79 Å². The van der Waals surface area contributed by atoms with Gasteiger partial charge >= 0.3 is 0 Å². The Kier molecular flexibility index (Phi) is 7.61. The number of nitrogens with one attached hydrogen (secondary N) is 1. The first-order valence-electron chi connectivity index (χ1n) is 7.88. The molecule has 0 radical (unpaired) electrons. The van der Waals surface area contributed by atoms with E-state index in [4.69, 9.17) is 21.4 Å². The summed E-state index contributed by atoms with van der Waals surface area (Å²) in [5, 5.41) is 12.4. The Hall–Kier alpha value is -1.34. The standard InChI is InChI=1S/C16H24ClN3O3/c17-14-2-1-3-15(12-14)23-11-4-18-16(22)13-20-7-5-19(6-8-20)9-10-21/h1-3,12,21H,4-11,13H2,(H,18,22). The van der Waals surface area contributed by atoms with Gasteiger partial charge in [-0.2, -0.15) is 0 Å². The van der Waals surface area contributed by atoms with Crippen molar-refractivity contribution in [1.82, 2.24) is 15.1 Å². The number of benzene rings is 1. The minimum Gasteiger partial charge on any atom is -0.492 e. The predicted octanol–water partition coefficient (Wildman–Crippen LogP) is 0.445. The number of carbonyl (C=O) groups is 1. The van der Waals surface area contributed by atoms with Crippen LogP contribution in [-0.2, 0) is 4.79 Å². The van der Waals surface area contributed by atoms with Crippen LogP contribution in [0.1, 0.15) is 0 Å². The summed E-state index contributed by atoms with van der Waals surface area (Å²) in [6.45, 7) is 5.68. The van der Waals surface area contributed by atoms with Gasteiger partial charge in [0.1, 0.15) is 12.4 Å². The molecule has 0 aliphatic carbocycles. The van der Waals surface area contributed by atoms with E-state index in [1.807, 2.05) is 12.1 Å². The van der Waals surface area contributed by atoms with E-state index in [0.717, 1.165) is 26.2 Å². The van der Waals surface area contributed by atoms with Gasteiger partial charge in [-0.3, -0.25) is 14.6 Å². The molecule has 1 heterocycles. The summed E-state index contributed by atoms with van der Waals surface area (Å²) in [5.41, 5.74) is 0. The van der Waals surface area contributed by atoms with Crippen LogP contribution in [-0.4, -0.2) is 79.8 Å². The Morgan fingerprint density at radius 2 is 2.00 bits per heavy atom. The van der Waals surface area contributed by atoms with Crippen LogP contribution < -0.4 is 10.1 Å². The van der Waals surface area contributed by atoms with Crippen molar-refractivity contribution in [2.75, 3.05) is 59.0 Å². The zero-order valence-electron chi connectivity index (χ0n) is 13.2. The molecule has 0 spiro atoms. The number of nitrogens with zero attached hydrogens (tertiary/aromatic N) is 2. The number of halogens is 1. The lowest BCUT2D eigenvalue weighted by atomic mass is 10.3. The number of β-amino-alcohol motifs (C(OH)–C–C–N with tert-alkyl or cyclic N) is 1. The van der Waals surface area contributed by atoms with Gasteiger partial charge in [0.15, 0.2) is 0 Å². The van der Waals surface area contributed by atoms with Crippen molar-refractivity contribution < 1.29 is 14.6 Å². The zero-order chi connectivity index (χ0) is 16.5. The van der Waals surface area contributed by atoms with Gasteiger partial charge in [0.2, 0.25) is 5.91 Å². The summed E-state index contributed by atoms with van der Waals surface area (Å²) in [4.78, 5) is 16.2. The fraction of sp³-hybridized carbons (Fsp3) is 0.562. The van der Waals surface area contributed by atoms with Crippen molar-refractivity contribution in [3.63, 3.8) is 0 Å². The molecular formula is C16H24ClN3O3. The first-order valence-corrected chi connectivity index (χ1v) is 8.26. The largest absolute Gasteiger partial charge is 0.492 e. The van der Waals surface area contributed by atoms with Gasteiger partial charge in [-0.15, -0.1) is 0 Å². The molecule has 0 atom stereocenters.